The Hall–Kier alpha value is -4.77. The van der Waals surface area contributed by atoms with Crippen LogP contribution in [-0.2, 0) is 16.1 Å². The normalized spacial score (nSPS) is 16.7. The number of halogens is 1. The fourth-order valence-electron chi connectivity index (χ4n) is 4.14. The molecule has 3 aromatic rings. The third kappa shape index (κ3) is 5.18. The highest BCUT2D eigenvalue weighted by Gasteiger charge is 2.44. The second-order valence-electron chi connectivity index (χ2n) is 8.58. The van der Waals surface area contributed by atoms with Crippen LogP contribution in [0, 0.1) is 0 Å². The monoisotopic (exact) mass is 533 g/mol. The summed E-state index contributed by atoms with van der Waals surface area (Å²) in [4.78, 5) is 66.7. The second kappa shape index (κ2) is 10.3. The summed E-state index contributed by atoms with van der Waals surface area (Å²) in [7, 11) is 0. The van der Waals surface area contributed by atoms with E-state index in [9.17, 15) is 24.0 Å². The largest absolute Gasteiger partial charge is 0.439 e. The Kier molecular flexibility index (Phi) is 6.75. The molecule has 192 valence electrons. The number of imide groups is 2. The number of piperidine rings is 1. The molecule has 2 aliphatic heterocycles. The molecule has 0 aliphatic carbocycles. The minimum absolute atomic E-state index is 0.0450. The Labute approximate surface area is 221 Å². The molecule has 0 spiro atoms. The van der Waals surface area contributed by atoms with Crippen LogP contribution < -0.4 is 20.7 Å². The number of ether oxygens (including phenoxy) is 1. The zero-order valence-electron chi connectivity index (χ0n) is 19.7. The van der Waals surface area contributed by atoms with Crippen molar-refractivity contribution in [1.82, 2.24) is 20.5 Å². The molecule has 11 nitrogen and oxygen atoms in total. The van der Waals surface area contributed by atoms with Gasteiger partial charge in [0.2, 0.25) is 17.7 Å². The lowest BCUT2D eigenvalue weighted by Crippen LogP contribution is -2.54. The maximum Gasteiger partial charge on any atom is 0.319 e. The third-order valence-electron chi connectivity index (χ3n) is 5.99. The summed E-state index contributed by atoms with van der Waals surface area (Å²) < 4.78 is 5.62. The van der Waals surface area contributed by atoms with E-state index in [1.807, 2.05) is 0 Å². The van der Waals surface area contributed by atoms with Gasteiger partial charge in [0.05, 0.1) is 16.1 Å². The molecule has 1 fully saturated rings. The molecule has 1 saturated heterocycles. The first kappa shape index (κ1) is 24.9. The van der Waals surface area contributed by atoms with Crippen LogP contribution in [0.25, 0.3) is 0 Å². The Morgan fingerprint density at radius 1 is 1.03 bits per heavy atom. The number of anilines is 1. The summed E-state index contributed by atoms with van der Waals surface area (Å²) in [6, 6.07) is 13.1. The molecule has 0 bridgehead atoms. The quantitative estimate of drug-likeness (QED) is 0.412. The molecule has 3 heterocycles. The molecule has 0 saturated carbocycles. The van der Waals surface area contributed by atoms with Crippen LogP contribution in [0.15, 0.2) is 60.8 Å². The number of aromatic nitrogens is 1. The first-order chi connectivity index (χ1) is 18.3. The van der Waals surface area contributed by atoms with Crippen molar-refractivity contribution in [3.05, 3.63) is 82.5 Å². The molecule has 12 heteroatoms. The molecule has 1 atom stereocenters. The van der Waals surface area contributed by atoms with Crippen molar-refractivity contribution in [2.24, 2.45) is 0 Å². The summed E-state index contributed by atoms with van der Waals surface area (Å²) in [6.45, 7) is 0.0857. The Morgan fingerprint density at radius 2 is 1.79 bits per heavy atom. The van der Waals surface area contributed by atoms with E-state index >= 15 is 0 Å². The average molecular weight is 534 g/mol. The zero-order valence-corrected chi connectivity index (χ0v) is 20.4. The topological polar surface area (TPSA) is 147 Å². The molecule has 1 aromatic heterocycles. The first-order valence-corrected chi connectivity index (χ1v) is 11.9. The van der Waals surface area contributed by atoms with Gasteiger partial charge < -0.3 is 15.4 Å². The minimum atomic E-state index is -1.04. The number of rotatable bonds is 6. The first-order valence-electron chi connectivity index (χ1n) is 11.6. The van der Waals surface area contributed by atoms with E-state index in [0.29, 0.717) is 27.9 Å². The fourth-order valence-corrected chi connectivity index (χ4v) is 4.25. The summed E-state index contributed by atoms with van der Waals surface area (Å²) in [5.41, 5.74) is 1.42. The molecule has 1 unspecified atom stereocenters. The number of hydrogen-bond acceptors (Lipinski definition) is 7. The van der Waals surface area contributed by atoms with Crippen molar-refractivity contribution < 1.29 is 28.7 Å². The van der Waals surface area contributed by atoms with Gasteiger partial charge >= 0.3 is 6.03 Å². The zero-order chi connectivity index (χ0) is 26.8. The van der Waals surface area contributed by atoms with Crippen LogP contribution >= 0.6 is 11.6 Å². The van der Waals surface area contributed by atoms with Crippen molar-refractivity contribution in [3.63, 3.8) is 0 Å². The van der Waals surface area contributed by atoms with Gasteiger partial charge in [0.1, 0.15) is 11.8 Å². The van der Waals surface area contributed by atoms with Crippen molar-refractivity contribution in [2.45, 2.75) is 25.4 Å². The molecule has 2 aromatic carbocycles. The van der Waals surface area contributed by atoms with Crippen LogP contribution in [-0.4, -0.2) is 45.6 Å². The van der Waals surface area contributed by atoms with Gasteiger partial charge in [-0.3, -0.25) is 29.4 Å². The van der Waals surface area contributed by atoms with Crippen LogP contribution in [0.4, 0.5) is 10.5 Å². The van der Waals surface area contributed by atoms with E-state index < -0.39 is 35.7 Å². The minimum Gasteiger partial charge on any atom is -0.439 e. The van der Waals surface area contributed by atoms with Crippen molar-refractivity contribution >= 4 is 46.9 Å². The average Bonchev–Trinajstić information content (AvgIpc) is 3.14. The highest BCUT2D eigenvalue weighted by atomic mass is 35.5. The summed E-state index contributed by atoms with van der Waals surface area (Å²) >= 11 is 5.81. The number of nitrogens with one attached hydrogen (secondary N) is 3. The van der Waals surface area contributed by atoms with Gasteiger partial charge in [-0.25, -0.2) is 9.78 Å². The predicted octanol–water partition coefficient (Wildman–Crippen LogP) is 3.25. The highest BCUT2D eigenvalue weighted by molar-refractivity contribution is 6.30. The standard InChI is InChI=1S/C26H20ClN5O6/c27-15-2-10-22(28-13-15)38-17-5-3-16(4-6-17)30-26(37)29-12-14-1-7-18-19(11-14)25(36)32(24(18)35)20-8-9-21(33)31-23(20)34/h1-7,10-11,13,20H,8-9,12H2,(H2,29,30,37)(H,31,33,34). The number of nitrogens with zero attached hydrogens (tertiary/aromatic N) is 2. The lowest BCUT2D eigenvalue weighted by Gasteiger charge is -2.27. The number of amides is 6. The van der Waals surface area contributed by atoms with Crippen LogP contribution in [0.2, 0.25) is 5.02 Å². The lowest BCUT2D eigenvalue weighted by molar-refractivity contribution is -0.136. The molecule has 38 heavy (non-hydrogen) atoms. The van der Waals surface area contributed by atoms with E-state index in [2.05, 4.69) is 20.9 Å². The Balaban J connectivity index is 1.17. The molecule has 6 amide bonds. The van der Waals surface area contributed by atoms with Gasteiger partial charge in [-0.1, -0.05) is 17.7 Å². The maximum absolute atomic E-state index is 12.9. The van der Waals surface area contributed by atoms with E-state index in [4.69, 9.17) is 16.3 Å². The van der Waals surface area contributed by atoms with Crippen molar-refractivity contribution in [2.75, 3.05) is 5.32 Å². The van der Waals surface area contributed by atoms with Crippen molar-refractivity contribution in [1.29, 1.82) is 0 Å². The smallest absolute Gasteiger partial charge is 0.319 e. The van der Waals surface area contributed by atoms with Gasteiger partial charge in [0.25, 0.3) is 11.8 Å². The molecule has 5 rings (SSSR count). The molecular weight excluding hydrogens is 514 g/mol. The number of carbonyl (C=O) groups is 5. The molecule has 3 N–H and O–H groups in total. The van der Waals surface area contributed by atoms with E-state index in [0.717, 1.165) is 4.90 Å². The van der Waals surface area contributed by atoms with E-state index in [1.165, 1.54) is 18.3 Å². The van der Waals surface area contributed by atoms with Gasteiger partial charge in [0, 0.05) is 30.9 Å². The van der Waals surface area contributed by atoms with Crippen LogP contribution in [0.1, 0.15) is 39.1 Å². The molecule has 2 aliphatic rings. The highest BCUT2D eigenvalue weighted by Crippen LogP contribution is 2.28. The summed E-state index contributed by atoms with van der Waals surface area (Å²) in [5, 5.41) is 8.05. The number of urea groups is 1. The van der Waals surface area contributed by atoms with E-state index in [-0.39, 0.29) is 30.5 Å². The van der Waals surface area contributed by atoms with Crippen LogP contribution in [0.5, 0.6) is 11.6 Å². The van der Waals surface area contributed by atoms with Gasteiger partial charge in [-0.2, -0.15) is 0 Å². The van der Waals surface area contributed by atoms with Crippen LogP contribution in [0.3, 0.4) is 0 Å². The Morgan fingerprint density at radius 3 is 2.50 bits per heavy atom. The van der Waals surface area contributed by atoms with Gasteiger partial charge in [-0.15, -0.1) is 0 Å². The second-order valence-corrected chi connectivity index (χ2v) is 9.01. The third-order valence-corrected chi connectivity index (χ3v) is 6.22. The number of pyridine rings is 1. The number of hydrogen-bond donors (Lipinski definition) is 3. The summed E-state index contributed by atoms with van der Waals surface area (Å²) in [6.07, 6.45) is 1.60. The molecular formula is C26H20ClN5O6. The van der Waals surface area contributed by atoms with Gasteiger partial charge in [0.15, 0.2) is 0 Å². The maximum atomic E-state index is 12.9. The predicted molar refractivity (Wildman–Crippen MR) is 135 cm³/mol. The van der Waals surface area contributed by atoms with E-state index in [1.54, 1.807) is 42.5 Å². The summed E-state index contributed by atoms with van der Waals surface area (Å²) in [5.74, 6) is -1.40. The Bertz CT molecular complexity index is 1460. The number of carbonyl (C=O) groups excluding carboxylic acids is 5. The fraction of sp³-hybridized carbons (Fsp3) is 0.154. The number of fused-ring (bicyclic) bond motifs is 1. The molecule has 0 radical (unpaired) electrons. The van der Waals surface area contributed by atoms with Gasteiger partial charge in [-0.05, 0) is 54.4 Å². The number of benzene rings is 2. The lowest BCUT2D eigenvalue weighted by atomic mass is 10.0. The van der Waals surface area contributed by atoms with Crippen molar-refractivity contribution in [3.8, 4) is 11.6 Å². The SMILES string of the molecule is O=C1CCC(N2C(=O)c3ccc(CNC(=O)Nc4ccc(Oc5ccc(Cl)cn5)cc4)cc3C2=O)C(=O)N1.